The molecule has 6 nitrogen and oxygen atoms in total. The number of hydrogen-bond donors (Lipinski definition) is 1. The Balaban J connectivity index is 1.41. The van der Waals surface area contributed by atoms with Crippen LogP contribution in [0, 0.1) is 5.92 Å². The van der Waals surface area contributed by atoms with E-state index in [4.69, 9.17) is 4.74 Å². The van der Waals surface area contributed by atoms with Crippen LogP contribution in [0.1, 0.15) is 42.4 Å². The Bertz CT molecular complexity index is 715. The van der Waals surface area contributed by atoms with Crippen LogP contribution in [0.15, 0.2) is 36.9 Å². The SMILES string of the molecule is Cn1cc([C@H]2OCCC[C@@H]2NC(=O)[C@H]2C[C@@H]2c2cccnc2)cn1. The molecule has 0 radical (unpaired) electrons. The van der Waals surface area contributed by atoms with Gasteiger partial charge in [-0.15, -0.1) is 0 Å². The zero-order valence-electron chi connectivity index (χ0n) is 13.8. The van der Waals surface area contributed by atoms with Crippen molar-refractivity contribution < 1.29 is 9.53 Å². The Morgan fingerprint density at radius 3 is 3.04 bits per heavy atom. The monoisotopic (exact) mass is 326 g/mol. The molecule has 6 heteroatoms. The second-order valence-corrected chi connectivity index (χ2v) is 6.73. The first-order valence-corrected chi connectivity index (χ1v) is 8.53. The van der Waals surface area contributed by atoms with Crippen molar-refractivity contribution in [3.05, 3.63) is 48.0 Å². The third kappa shape index (κ3) is 3.06. The first kappa shape index (κ1) is 15.3. The van der Waals surface area contributed by atoms with Crippen molar-refractivity contribution in [2.75, 3.05) is 6.61 Å². The molecule has 2 aromatic heterocycles. The van der Waals surface area contributed by atoms with E-state index in [2.05, 4.69) is 15.4 Å². The highest BCUT2D eigenvalue weighted by molar-refractivity contribution is 5.83. The summed E-state index contributed by atoms with van der Waals surface area (Å²) in [7, 11) is 1.89. The molecular formula is C18H22N4O2. The van der Waals surface area contributed by atoms with Crippen LogP contribution in [0.2, 0.25) is 0 Å². The van der Waals surface area contributed by atoms with Gasteiger partial charge in [-0.1, -0.05) is 6.07 Å². The van der Waals surface area contributed by atoms with Crippen LogP contribution in [0.25, 0.3) is 0 Å². The molecule has 1 amide bonds. The summed E-state index contributed by atoms with van der Waals surface area (Å²) in [6.45, 7) is 0.730. The molecule has 2 fully saturated rings. The van der Waals surface area contributed by atoms with E-state index in [1.807, 2.05) is 37.8 Å². The molecule has 4 rings (SSSR count). The highest BCUT2D eigenvalue weighted by Crippen LogP contribution is 2.47. The number of nitrogens with zero attached hydrogens (tertiary/aromatic N) is 3. The lowest BCUT2D eigenvalue weighted by Crippen LogP contribution is -2.43. The van der Waals surface area contributed by atoms with Gasteiger partial charge in [0.2, 0.25) is 5.91 Å². The van der Waals surface area contributed by atoms with Crippen molar-refractivity contribution in [1.29, 1.82) is 0 Å². The second kappa shape index (κ2) is 6.36. The lowest BCUT2D eigenvalue weighted by molar-refractivity contribution is -0.125. The van der Waals surface area contributed by atoms with Crippen LogP contribution in [0.3, 0.4) is 0 Å². The van der Waals surface area contributed by atoms with Crippen LogP contribution < -0.4 is 5.32 Å². The predicted molar refractivity (Wildman–Crippen MR) is 88.2 cm³/mol. The minimum Gasteiger partial charge on any atom is -0.371 e. The van der Waals surface area contributed by atoms with Crippen LogP contribution in [-0.2, 0) is 16.6 Å². The molecule has 1 saturated carbocycles. The molecule has 0 unspecified atom stereocenters. The molecule has 3 heterocycles. The van der Waals surface area contributed by atoms with E-state index in [0.717, 1.165) is 37.0 Å². The van der Waals surface area contributed by atoms with Gasteiger partial charge in [-0.25, -0.2) is 0 Å². The number of hydrogen-bond acceptors (Lipinski definition) is 4. The van der Waals surface area contributed by atoms with Gasteiger partial charge in [-0.2, -0.15) is 5.10 Å². The van der Waals surface area contributed by atoms with Gasteiger partial charge in [0.15, 0.2) is 0 Å². The van der Waals surface area contributed by atoms with Crippen LogP contribution in [0.5, 0.6) is 0 Å². The second-order valence-electron chi connectivity index (χ2n) is 6.73. The first-order chi connectivity index (χ1) is 11.7. The molecule has 0 aromatic carbocycles. The third-order valence-corrected chi connectivity index (χ3v) is 4.94. The minimum atomic E-state index is -0.105. The molecule has 24 heavy (non-hydrogen) atoms. The summed E-state index contributed by atoms with van der Waals surface area (Å²) in [5.41, 5.74) is 2.18. The number of nitrogens with one attached hydrogen (secondary N) is 1. The first-order valence-electron chi connectivity index (χ1n) is 8.53. The molecule has 1 N–H and O–H groups in total. The molecule has 0 bridgehead atoms. The van der Waals surface area contributed by atoms with E-state index in [1.54, 1.807) is 10.9 Å². The van der Waals surface area contributed by atoms with Crippen molar-refractivity contribution in [1.82, 2.24) is 20.1 Å². The smallest absolute Gasteiger partial charge is 0.224 e. The van der Waals surface area contributed by atoms with E-state index < -0.39 is 0 Å². The molecule has 1 aliphatic heterocycles. The zero-order chi connectivity index (χ0) is 16.5. The highest BCUT2D eigenvalue weighted by Gasteiger charge is 2.45. The summed E-state index contributed by atoms with van der Waals surface area (Å²) in [6.07, 6.45) is 10.1. The number of rotatable bonds is 4. The number of carbonyl (C=O) groups is 1. The lowest BCUT2D eigenvalue weighted by atomic mass is 9.97. The van der Waals surface area contributed by atoms with Gasteiger partial charge >= 0.3 is 0 Å². The van der Waals surface area contributed by atoms with Gasteiger partial charge in [0.25, 0.3) is 0 Å². The Hall–Kier alpha value is -2.21. The van der Waals surface area contributed by atoms with Gasteiger partial charge < -0.3 is 10.1 Å². The normalized spacial score (nSPS) is 29.2. The topological polar surface area (TPSA) is 69.0 Å². The quantitative estimate of drug-likeness (QED) is 0.932. The van der Waals surface area contributed by atoms with E-state index in [0.29, 0.717) is 5.92 Å². The summed E-state index contributed by atoms with van der Waals surface area (Å²) in [5, 5.41) is 7.44. The average Bonchev–Trinajstić information content (AvgIpc) is 3.31. The standard InChI is InChI=1S/C18H22N4O2/c1-22-11-13(10-20-22)17-16(5-3-7-24-17)21-18(23)15-8-14(15)12-4-2-6-19-9-12/h2,4,6,9-11,14-17H,3,5,7-8H2,1H3,(H,21,23)/t14-,15+,16+,17-/m1/s1. The Morgan fingerprint density at radius 1 is 1.38 bits per heavy atom. The fraction of sp³-hybridized carbons (Fsp3) is 0.500. The molecule has 1 aliphatic carbocycles. The number of aryl methyl sites for hydroxylation is 1. The summed E-state index contributed by atoms with van der Waals surface area (Å²) >= 11 is 0. The van der Waals surface area contributed by atoms with Crippen molar-refractivity contribution >= 4 is 5.91 Å². The fourth-order valence-corrected chi connectivity index (χ4v) is 3.58. The van der Waals surface area contributed by atoms with Gasteiger partial charge in [0, 0.05) is 43.7 Å². The van der Waals surface area contributed by atoms with Gasteiger partial charge in [-0.05, 0) is 36.8 Å². The average molecular weight is 326 g/mol. The van der Waals surface area contributed by atoms with E-state index >= 15 is 0 Å². The lowest BCUT2D eigenvalue weighted by Gasteiger charge is -2.32. The maximum atomic E-state index is 12.6. The van der Waals surface area contributed by atoms with Crippen LogP contribution in [-0.4, -0.2) is 33.3 Å². The Labute approximate surface area is 141 Å². The van der Waals surface area contributed by atoms with Crippen LogP contribution in [0.4, 0.5) is 0 Å². The minimum absolute atomic E-state index is 0.0191. The van der Waals surface area contributed by atoms with Crippen molar-refractivity contribution in [3.8, 4) is 0 Å². The number of carbonyl (C=O) groups excluding carboxylic acids is 1. The van der Waals surface area contributed by atoms with Crippen molar-refractivity contribution in [3.63, 3.8) is 0 Å². The number of amides is 1. The Morgan fingerprint density at radius 2 is 2.29 bits per heavy atom. The molecule has 4 atom stereocenters. The maximum Gasteiger partial charge on any atom is 0.224 e. The fourth-order valence-electron chi connectivity index (χ4n) is 3.58. The van der Waals surface area contributed by atoms with Crippen LogP contribution >= 0.6 is 0 Å². The summed E-state index contributed by atoms with van der Waals surface area (Å²) < 4.78 is 7.69. The molecule has 1 saturated heterocycles. The maximum absolute atomic E-state index is 12.6. The van der Waals surface area contributed by atoms with E-state index in [9.17, 15) is 4.79 Å². The van der Waals surface area contributed by atoms with Gasteiger partial charge in [-0.3, -0.25) is 14.5 Å². The number of ether oxygens (including phenoxy) is 1. The molecule has 0 spiro atoms. The van der Waals surface area contributed by atoms with E-state index in [-0.39, 0.29) is 24.0 Å². The zero-order valence-corrected chi connectivity index (χ0v) is 13.8. The van der Waals surface area contributed by atoms with E-state index in [1.165, 1.54) is 0 Å². The van der Waals surface area contributed by atoms with Gasteiger partial charge in [0.1, 0.15) is 6.10 Å². The Kier molecular flexibility index (Phi) is 4.06. The summed E-state index contributed by atoms with van der Waals surface area (Å²) in [6, 6.07) is 3.99. The number of aromatic nitrogens is 3. The molecule has 2 aliphatic rings. The third-order valence-electron chi connectivity index (χ3n) is 4.94. The molecule has 126 valence electrons. The van der Waals surface area contributed by atoms with Crippen molar-refractivity contribution in [2.24, 2.45) is 13.0 Å². The van der Waals surface area contributed by atoms with Crippen molar-refractivity contribution in [2.45, 2.75) is 37.3 Å². The largest absolute Gasteiger partial charge is 0.371 e. The summed E-state index contributed by atoms with van der Waals surface area (Å²) in [5.74, 6) is 0.499. The summed E-state index contributed by atoms with van der Waals surface area (Å²) in [4.78, 5) is 16.8. The predicted octanol–water partition coefficient (Wildman–Crippen LogP) is 1.96. The molecule has 2 aromatic rings. The van der Waals surface area contributed by atoms with Gasteiger partial charge in [0.05, 0.1) is 12.2 Å². The number of pyridine rings is 1. The molecular weight excluding hydrogens is 304 g/mol. The highest BCUT2D eigenvalue weighted by atomic mass is 16.5.